The fourth-order valence-corrected chi connectivity index (χ4v) is 4.12. The van der Waals surface area contributed by atoms with Gasteiger partial charge in [0.2, 0.25) is 10.0 Å². The zero-order chi connectivity index (χ0) is 25.4. The number of benzene rings is 2. The van der Waals surface area contributed by atoms with Crippen LogP contribution < -0.4 is 10.0 Å². The average Bonchev–Trinajstić information content (AvgIpc) is 2.79. The van der Waals surface area contributed by atoms with Gasteiger partial charge in [-0.05, 0) is 54.3 Å². The summed E-state index contributed by atoms with van der Waals surface area (Å²) < 4.78 is 30.0. The number of hydrogen-bond donors (Lipinski definition) is 2. The lowest BCUT2D eigenvalue weighted by atomic mass is 9.99. The van der Waals surface area contributed by atoms with Gasteiger partial charge in [-0.25, -0.2) is 13.4 Å². The third-order valence-electron chi connectivity index (χ3n) is 4.96. The van der Waals surface area contributed by atoms with Gasteiger partial charge in [0.15, 0.2) is 0 Å². The number of anilines is 1. The maximum Gasteiger partial charge on any atom is 0.307 e. The molecule has 1 heterocycles. The second-order valence-corrected chi connectivity index (χ2v) is 10.1. The first-order valence-corrected chi connectivity index (χ1v) is 13.1. The molecule has 184 valence electrons. The van der Waals surface area contributed by atoms with E-state index in [1.807, 2.05) is 48.5 Å². The summed E-state index contributed by atoms with van der Waals surface area (Å²) in [4.78, 5) is 28.9. The van der Waals surface area contributed by atoms with Gasteiger partial charge in [0.05, 0.1) is 24.8 Å². The Morgan fingerprint density at radius 3 is 2.40 bits per heavy atom. The van der Waals surface area contributed by atoms with E-state index in [1.54, 1.807) is 6.92 Å². The van der Waals surface area contributed by atoms with Gasteiger partial charge in [-0.1, -0.05) is 48.0 Å². The molecule has 0 saturated carbocycles. The van der Waals surface area contributed by atoms with Crippen molar-refractivity contribution >= 4 is 39.3 Å². The molecule has 2 aromatic carbocycles. The number of carbonyl (C=O) groups excluding carboxylic acids is 2. The summed E-state index contributed by atoms with van der Waals surface area (Å²) >= 11 is 6.09. The van der Waals surface area contributed by atoms with Crippen LogP contribution in [0.1, 0.15) is 29.3 Å². The van der Waals surface area contributed by atoms with Crippen LogP contribution in [-0.2, 0) is 26.0 Å². The summed E-state index contributed by atoms with van der Waals surface area (Å²) in [6.45, 7) is 1.96. The number of hydrogen-bond acceptors (Lipinski definition) is 6. The highest BCUT2D eigenvalue weighted by atomic mass is 35.5. The number of nitrogens with zero attached hydrogens (tertiary/aromatic N) is 1. The Labute approximate surface area is 209 Å². The minimum atomic E-state index is -3.48. The fourth-order valence-electron chi connectivity index (χ4n) is 3.43. The van der Waals surface area contributed by atoms with Crippen molar-refractivity contribution in [3.63, 3.8) is 0 Å². The molecule has 0 saturated heterocycles. The number of ether oxygens (including phenoxy) is 1. The van der Waals surface area contributed by atoms with E-state index in [2.05, 4.69) is 15.0 Å². The van der Waals surface area contributed by atoms with Crippen molar-refractivity contribution in [2.24, 2.45) is 0 Å². The van der Waals surface area contributed by atoms with Gasteiger partial charge in [-0.2, -0.15) is 0 Å². The molecule has 2 N–H and O–H groups in total. The van der Waals surface area contributed by atoms with Gasteiger partial charge in [0, 0.05) is 17.3 Å². The maximum absolute atomic E-state index is 12.8. The van der Waals surface area contributed by atoms with E-state index in [0.29, 0.717) is 11.4 Å². The molecular weight excluding hydrogens is 490 g/mol. The highest BCUT2D eigenvalue weighted by Crippen LogP contribution is 2.23. The predicted octanol–water partition coefficient (Wildman–Crippen LogP) is 4.07. The molecule has 1 atom stereocenters. The first-order valence-electron chi connectivity index (χ1n) is 10.9. The molecular formula is C25H26ClN3O5S. The molecule has 0 aliphatic carbocycles. The summed E-state index contributed by atoms with van der Waals surface area (Å²) in [5.74, 6) is -0.751. The van der Waals surface area contributed by atoms with Crippen molar-refractivity contribution < 1.29 is 22.7 Å². The Balaban J connectivity index is 1.72. The molecule has 0 aliphatic rings. The number of rotatable bonds is 10. The third kappa shape index (κ3) is 8.38. The van der Waals surface area contributed by atoms with E-state index in [-0.39, 0.29) is 24.4 Å². The van der Waals surface area contributed by atoms with Crippen molar-refractivity contribution in [2.75, 3.05) is 17.6 Å². The summed E-state index contributed by atoms with van der Waals surface area (Å²) in [7, 11) is -3.48. The van der Waals surface area contributed by atoms with Crippen molar-refractivity contribution in [3.8, 4) is 11.1 Å². The summed E-state index contributed by atoms with van der Waals surface area (Å²) in [6, 6.07) is 17.7. The van der Waals surface area contributed by atoms with E-state index in [4.69, 9.17) is 16.3 Å². The average molecular weight is 516 g/mol. The Hall–Kier alpha value is -3.43. The highest BCUT2D eigenvalue weighted by Gasteiger charge is 2.19. The second-order valence-electron chi connectivity index (χ2n) is 7.90. The molecule has 3 rings (SSSR count). The van der Waals surface area contributed by atoms with Gasteiger partial charge >= 0.3 is 5.97 Å². The molecule has 0 fully saturated rings. The molecule has 0 unspecified atom stereocenters. The standard InChI is InChI=1S/C25H26ClN3O5S/c1-3-34-24(30)15-22(28-25(31)20-11-12-23(27-16-20)29-35(2,32)33)13-17-7-9-18(10-8-17)19-5-4-6-21(26)14-19/h4-12,14,16,22H,3,13,15H2,1-2H3,(H,27,29)(H,28,31)/t22-/m1/s1. The van der Waals surface area contributed by atoms with Crippen LogP contribution in [0.15, 0.2) is 66.9 Å². The van der Waals surface area contributed by atoms with E-state index in [1.165, 1.54) is 18.3 Å². The van der Waals surface area contributed by atoms with Crippen LogP contribution in [0, 0.1) is 0 Å². The highest BCUT2D eigenvalue weighted by molar-refractivity contribution is 7.92. The second kappa shape index (κ2) is 11.8. The normalized spacial score (nSPS) is 12.0. The molecule has 10 heteroatoms. The third-order valence-corrected chi connectivity index (χ3v) is 5.78. The van der Waals surface area contributed by atoms with E-state index in [9.17, 15) is 18.0 Å². The van der Waals surface area contributed by atoms with Gasteiger partial charge in [-0.15, -0.1) is 0 Å². The molecule has 0 spiro atoms. The molecule has 0 radical (unpaired) electrons. The number of nitrogens with one attached hydrogen (secondary N) is 2. The first-order chi connectivity index (χ1) is 16.6. The molecule has 0 bridgehead atoms. The summed E-state index contributed by atoms with van der Waals surface area (Å²) in [6.07, 6.45) is 2.68. The number of pyridine rings is 1. The van der Waals surface area contributed by atoms with Gasteiger partial charge in [0.25, 0.3) is 5.91 Å². The Morgan fingerprint density at radius 2 is 1.80 bits per heavy atom. The lowest BCUT2D eigenvalue weighted by molar-refractivity contribution is -0.143. The molecule has 0 aliphatic heterocycles. The molecule has 3 aromatic rings. The summed E-state index contributed by atoms with van der Waals surface area (Å²) in [5.41, 5.74) is 3.14. The largest absolute Gasteiger partial charge is 0.466 e. The molecule has 1 amide bonds. The number of amides is 1. The number of aromatic nitrogens is 1. The van der Waals surface area contributed by atoms with Crippen LogP contribution in [0.4, 0.5) is 5.82 Å². The van der Waals surface area contributed by atoms with Crippen molar-refractivity contribution in [3.05, 3.63) is 83.0 Å². The quantitative estimate of drug-likeness (QED) is 0.393. The minimum absolute atomic E-state index is 0.00320. The summed E-state index contributed by atoms with van der Waals surface area (Å²) in [5, 5.41) is 3.51. The van der Waals surface area contributed by atoms with Crippen molar-refractivity contribution in [1.29, 1.82) is 0 Å². The van der Waals surface area contributed by atoms with Crippen LogP contribution in [0.2, 0.25) is 5.02 Å². The lowest BCUT2D eigenvalue weighted by Crippen LogP contribution is -2.38. The molecule has 8 nitrogen and oxygen atoms in total. The number of sulfonamides is 1. The van der Waals surface area contributed by atoms with Crippen LogP contribution in [0.5, 0.6) is 0 Å². The van der Waals surface area contributed by atoms with Crippen LogP contribution in [-0.4, -0.2) is 44.2 Å². The maximum atomic E-state index is 12.8. The van der Waals surface area contributed by atoms with Crippen LogP contribution in [0.3, 0.4) is 0 Å². The minimum Gasteiger partial charge on any atom is -0.466 e. The number of esters is 1. The zero-order valence-electron chi connectivity index (χ0n) is 19.3. The molecule has 1 aromatic heterocycles. The Bertz CT molecular complexity index is 1280. The van der Waals surface area contributed by atoms with Gasteiger partial charge < -0.3 is 10.1 Å². The fraction of sp³-hybridized carbons (Fsp3) is 0.240. The topological polar surface area (TPSA) is 114 Å². The van der Waals surface area contributed by atoms with Gasteiger partial charge in [0.1, 0.15) is 5.82 Å². The van der Waals surface area contributed by atoms with Crippen molar-refractivity contribution in [2.45, 2.75) is 25.8 Å². The first kappa shape index (κ1) is 26.2. The van der Waals surface area contributed by atoms with Crippen LogP contribution >= 0.6 is 11.6 Å². The number of halogens is 1. The lowest BCUT2D eigenvalue weighted by Gasteiger charge is -2.18. The smallest absolute Gasteiger partial charge is 0.307 e. The predicted molar refractivity (Wildman–Crippen MR) is 136 cm³/mol. The number of carbonyl (C=O) groups is 2. The van der Waals surface area contributed by atoms with Gasteiger partial charge in [-0.3, -0.25) is 14.3 Å². The SMILES string of the molecule is CCOC(=O)C[C@@H](Cc1ccc(-c2cccc(Cl)c2)cc1)NC(=O)c1ccc(NS(C)(=O)=O)nc1. The van der Waals surface area contributed by atoms with E-state index >= 15 is 0 Å². The van der Waals surface area contributed by atoms with Crippen LogP contribution in [0.25, 0.3) is 11.1 Å². The van der Waals surface area contributed by atoms with E-state index < -0.39 is 27.9 Å². The van der Waals surface area contributed by atoms with Crippen molar-refractivity contribution in [1.82, 2.24) is 10.3 Å². The van der Waals surface area contributed by atoms with E-state index in [0.717, 1.165) is 22.9 Å². The molecule has 35 heavy (non-hydrogen) atoms. The Morgan fingerprint density at radius 1 is 1.06 bits per heavy atom. The Kier molecular flexibility index (Phi) is 8.84. The monoisotopic (exact) mass is 515 g/mol. The zero-order valence-corrected chi connectivity index (χ0v) is 20.9.